The molecule has 0 saturated carbocycles. The summed E-state index contributed by atoms with van der Waals surface area (Å²) in [6, 6.07) is 7.02. The normalized spacial score (nSPS) is 15.0. The first-order chi connectivity index (χ1) is 12.5. The zero-order chi connectivity index (χ0) is 18.7. The Bertz CT molecular complexity index is 878. The Balaban J connectivity index is 1.60. The maximum Gasteiger partial charge on any atom is 0.234 e. The van der Waals surface area contributed by atoms with Gasteiger partial charge in [-0.25, -0.2) is 8.78 Å². The number of halogens is 2. The molecule has 3 rings (SSSR count). The molecule has 5 nitrogen and oxygen atoms in total. The van der Waals surface area contributed by atoms with Crippen molar-refractivity contribution in [2.24, 2.45) is 0 Å². The minimum atomic E-state index is -0.626. The molecule has 134 valence electrons. The topological polar surface area (TPSA) is 69.0 Å². The minimum absolute atomic E-state index is 0.0865. The van der Waals surface area contributed by atoms with Gasteiger partial charge in [-0.15, -0.1) is 0 Å². The third kappa shape index (κ3) is 4.03. The minimum Gasteiger partial charge on any atom is -0.347 e. The first kappa shape index (κ1) is 18.0. The van der Waals surface area contributed by atoms with Crippen molar-refractivity contribution in [3.05, 3.63) is 64.5 Å². The van der Waals surface area contributed by atoms with Crippen LogP contribution in [0.25, 0.3) is 0 Å². The second kappa shape index (κ2) is 7.58. The third-order valence-corrected chi connectivity index (χ3v) is 4.41. The van der Waals surface area contributed by atoms with E-state index in [4.69, 9.17) is 5.26 Å². The van der Waals surface area contributed by atoms with Crippen LogP contribution in [-0.4, -0.2) is 28.9 Å². The Morgan fingerprint density at radius 1 is 1.38 bits per heavy atom. The molecular weight excluding hydrogens is 338 g/mol. The highest BCUT2D eigenvalue weighted by Crippen LogP contribution is 2.20. The summed E-state index contributed by atoms with van der Waals surface area (Å²) in [4.78, 5) is 18.1. The number of hydrogen-bond acceptors (Lipinski definition) is 4. The summed E-state index contributed by atoms with van der Waals surface area (Å²) in [6.07, 6.45) is 2.03. The van der Waals surface area contributed by atoms with Gasteiger partial charge in [0.2, 0.25) is 5.91 Å². The van der Waals surface area contributed by atoms with Crippen LogP contribution in [0.5, 0.6) is 0 Å². The lowest BCUT2D eigenvalue weighted by molar-refractivity contribution is -0.123. The van der Waals surface area contributed by atoms with E-state index in [1.54, 1.807) is 13.0 Å². The fraction of sp³-hybridized carbons (Fsp3) is 0.316. The van der Waals surface area contributed by atoms with Crippen molar-refractivity contribution in [3.8, 4) is 6.07 Å². The molecule has 0 fully saturated rings. The molecule has 1 aliphatic rings. The Morgan fingerprint density at radius 2 is 2.19 bits per heavy atom. The van der Waals surface area contributed by atoms with E-state index in [1.807, 2.05) is 11.0 Å². The van der Waals surface area contributed by atoms with Crippen LogP contribution in [0.4, 0.5) is 8.78 Å². The van der Waals surface area contributed by atoms with Crippen LogP contribution in [-0.2, 0) is 17.8 Å². The number of fused-ring (bicyclic) bond motifs is 1. The van der Waals surface area contributed by atoms with Crippen LogP contribution in [0, 0.1) is 23.0 Å². The quantitative estimate of drug-likeness (QED) is 0.914. The van der Waals surface area contributed by atoms with Crippen LogP contribution in [0.1, 0.15) is 35.3 Å². The van der Waals surface area contributed by atoms with Gasteiger partial charge in [-0.1, -0.05) is 6.07 Å². The Labute approximate surface area is 150 Å². The largest absolute Gasteiger partial charge is 0.347 e. The number of carbonyl (C=O) groups excluding carboxylic acids is 1. The standard InChI is InChI=1S/C19H18F2N4O/c1-12(19-17(21)6-13(8-22)9-23-19)24-18(26)11-25-5-4-14-2-3-16(20)7-15(14)10-25/h2-3,6-7,9,12H,4-5,10-11H2,1H3,(H,24,26)/t12-/m0/s1. The Kier molecular flexibility index (Phi) is 5.24. The van der Waals surface area contributed by atoms with E-state index in [9.17, 15) is 13.6 Å². The van der Waals surface area contributed by atoms with Gasteiger partial charge in [-0.2, -0.15) is 5.26 Å². The van der Waals surface area contributed by atoms with Gasteiger partial charge >= 0.3 is 0 Å². The van der Waals surface area contributed by atoms with Gasteiger partial charge in [0.05, 0.1) is 23.8 Å². The van der Waals surface area contributed by atoms with Crippen LogP contribution < -0.4 is 5.32 Å². The van der Waals surface area contributed by atoms with Crippen molar-refractivity contribution in [2.45, 2.75) is 25.9 Å². The molecule has 1 N–H and O–H groups in total. The SMILES string of the molecule is C[C@H](NC(=O)CN1CCc2ccc(F)cc2C1)c1ncc(C#N)cc1F. The first-order valence-corrected chi connectivity index (χ1v) is 8.31. The van der Waals surface area contributed by atoms with E-state index in [0.29, 0.717) is 13.1 Å². The van der Waals surface area contributed by atoms with Gasteiger partial charge < -0.3 is 5.32 Å². The number of nitrogens with one attached hydrogen (secondary N) is 1. The zero-order valence-electron chi connectivity index (χ0n) is 14.3. The highest BCUT2D eigenvalue weighted by atomic mass is 19.1. The molecule has 0 aliphatic carbocycles. The lowest BCUT2D eigenvalue weighted by Crippen LogP contribution is -2.40. The molecule has 0 spiro atoms. The smallest absolute Gasteiger partial charge is 0.234 e. The number of rotatable bonds is 4. The summed E-state index contributed by atoms with van der Waals surface area (Å²) in [5, 5.41) is 11.5. The number of aromatic nitrogens is 1. The van der Waals surface area contributed by atoms with Gasteiger partial charge in [0.1, 0.15) is 17.7 Å². The summed E-state index contributed by atoms with van der Waals surface area (Å²) >= 11 is 0. The molecular formula is C19H18F2N4O. The zero-order valence-corrected chi connectivity index (χ0v) is 14.3. The third-order valence-electron chi connectivity index (χ3n) is 4.41. The van der Waals surface area contributed by atoms with Crippen LogP contribution >= 0.6 is 0 Å². The van der Waals surface area contributed by atoms with Crippen LogP contribution in [0.2, 0.25) is 0 Å². The number of carbonyl (C=O) groups is 1. The molecule has 1 amide bonds. The van der Waals surface area contributed by atoms with Crippen LogP contribution in [0.15, 0.2) is 30.5 Å². The van der Waals surface area contributed by atoms with Gasteiger partial charge in [-0.3, -0.25) is 14.7 Å². The summed E-state index contributed by atoms with van der Waals surface area (Å²) in [6.45, 7) is 2.97. The lowest BCUT2D eigenvalue weighted by atomic mass is 10.00. The summed E-state index contributed by atoms with van der Waals surface area (Å²) in [5.41, 5.74) is 2.20. The van der Waals surface area contributed by atoms with E-state index >= 15 is 0 Å². The Morgan fingerprint density at radius 3 is 2.92 bits per heavy atom. The second-order valence-electron chi connectivity index (χ2n) is 6.37. The number of benzene rings is 1. The van der Waals surface area contributed by atoms with Crippen molar-refractivity contribution in [1.29, 1.82) is 5.26 Å². The van der Waals surface area contributed by atoms with E-state index in [2.05, 4.69) is 10.3 Å². The van der Waals surface area contributed by atoms with Crippen molar-refractivity contribution in [3.63, 3.8) is 0 Å². The molecule has 7 heteroatoms. The molecule has 0 saturated heterocycles. The predicted molar refractivity (Wildman–Crippen MR) is 90.8 cm³/mol. The van der Waals surface area contributed by atoms with E-state index < -0.39 is 11.9 Å². The Hall–Kier alpha value is -2.85. The van der Waals surface area contributed by atoms with Gasteiger partial charge in [0.25, 0.3) is 0 Å². The molecule has 0 unspecified atom stereocenters. The van der Waals surface area contributed by atoms with Gasteiger partial charge in [0.15, 0.2) is 0 Å². The average Bonchev–Trinajstić information content (AvgIpc) is 2.60. The van der Waals surface area contributed by atoms with Gasteiger partial charge in [-0.05, 0) is 42.7 Å². The van der Waals surface area contributed by atoms with Gasteiger partial charge in [0, 0.05) is 19.3 Å². The number of nitriles is 1. The summed E-state index contributed by atoms with van der Waals surface area (Å²) in [5.74, 6) is -1.17. The highest BCUT2D eigenvalue weighted by molar-refractivity contribution is 5.78. The molecule has 0 radical (unpaired) electrons. The van der Waals surface area contributed by atoms with Crippen molar-refractivity contribution in [2.75, 3.05) is 13.1 Å². The fourth-order valence-electron chi connectivity index (χ4n) is 3.11. The average molecular weight is 356 g/mol. The van der Waals surface area contributed by atoms with E-state index in [-0.39, 0.29) is 29.5 Å². The lowest BCUT2D eigenvalue weighted by Gasteiger charge is -2.28. The monoisotopic (exact) mass is 356 g/mol. The molecule has 2 heterocycles. The molecule has 2 aromatic rings. The maximum absolute atomic E-state index is 14.0. The first-order valence-electron chi connectivity index (χ1n) is 8.31. The molecule has 1 aromatic carbocycles. The fourth-order valence-corrected chi connectivity index (χ4v) is 3.11. The number of nitrogens with zero attached hydrogens (tertiary/aromatic N) is 3. The highest BCUT2D eigenvalue weighted by Gasteiger charge is 2.21. The van der Waals surface area contributed by atoms with Crippen LogP contribution in [0.3, 0.4) is 0 Å². The molecule has 1 atom stereocenters. The number of amides is 1. The van der Waals surface area contributed by atoms with Crippen molar-refractivity contribution >= 4 is 5.91 Å². The molecule has 0 bridgehead atoms. The molecule has 26 heavy (non-hydrogen) atoms. The predicted octanol–water partition coefficient (Wildman–Crippen LogP) is 2.47. The molecule has 1 aliphatic heterocycles. The molecule has 1 aromatic heterocycles. The number of hydrogen-bond donors (Lipinski definition) is 1. The van der Waals surface area contributed by atoms with Crippen molar-refractivity contribution < 1.29 is 13.6 Å². The van der Waals surface area contributed by atoms with E-state index in [1.165, 1.54) is 18.3 Å². The number of pyridine rings is 1. The van der Waals surface area contributed by atoms with Crippen molar-refractivity contribution in [1.82, 2.24) is 15.2 Å². The summed E-state index contributed by atoms with van der Waals surface area (Å²) in [7, 11) is 0. The van der Waals surface area contributed by atoms with E-state index in [0.717, 1.165) is 23.6 Å². The maximum atomic E-state index is 14.0. The summed E-state index contributed by atoms with van der Waals surface area (Å²) < 4.78 is 27.4. The second-order valence-corrected chi connectivity index (χ2v) is 6.37.